The van der Waals surface area contributed by atoms with Crippen molar-refractivity contribution in [1.82, 2.24) is 4.57 Å². The van der Waals surface area contributed by atoms with Crippen LogP contribution in [-0.4, -0.2) is 23.9 Å². The first-order chi connectivity index (χ1) is 19.1. The number of carbonyl (C=O) groups is 2. The quantitative estimate of drug-likeness (QED) is 0.197. The molecule has 198 valence electrons. The van der Waals surface area contributed by atoms with Crippen molar-refractivity contribution in [3.63, 3.8) is 0 Å². The Bertz CT molecular complexity index is 1580. The first kappa shape index (κ1) is 24.2. The van der Waals surface area contributed by atoms with Crippen LogP contribution in [0.1, 0.15) is 77.4 Å². The zero-order chi connectivity index (χ0) is 26.6. The molecule has 3 aromatic carbocycles. The molecule has 0 spiro atoms. The third-order valence-electron chi connectivity index (χ3n) is 9.29. The van der Waals surface area contributed by atoms with Gasteiger partial charge < -0.3 is 14.0 Å². The Morgan fingerprint density at radius 2 is 1.85 bits per heavy atom. The standard InChI is InChI=1S/C34H33NO4/c1-38-33(37)34-18-29(34)28-17-25(39-20-22-8-4-2-5-9-22)13-15-26(28)32-31(24-10-6-3-7-11-24)27-14-12-23(19-36)16-30(27)35(32)21-34/h2,4-5,8-9,12-17,19,24,29H,3,6-7,10-11,18,20-21H2,1H3. The highest BCUT2D eigenvalue weighted by Gasteiger charge is 2.63. The van der Waals surface area contributed by atoms with Crippen molar-refractivity contribution in [1.29, 1.82) is 0 Å². The Hall–Kier alpha value is -3.86. The van der Waals surface area contributed by atoms with Crippen molar-refractivity contribution in [2.45, 2.75) is 63.5 Å². The number of nitrogens with zero attached hydrogens (tertiary/aromatic N) is 1. The summed E-state index contributed by atoms with van der Waals surface area (Å²) in [6, 6.07) is 22.6. The minimum Gasteiger partial charge on any atom is -0.489 e. The number of hydrogen-bond acceptors (Lipinski definition) is 4. The molecular formula is C34H33NO4. The molecule has 2 aliphatic carbocycles. The van der Waals surface area contributed by atoms with Crippen LogP contribution in [0.5, 0.6) is 5.75 Å². The monoisotopic (exact) mass is 519 g/mol. The maximum absolute atomic E-state index is 13.3. The van der Waals surface area contributed by atoms with Crippen LogP contribution in [0.4, 0.5) is 0 Å². The molecular weight excluding hydrogens is 486 g/mol. The second-order valence-corrected chi connectivity index (χ2v) is 11.5. The first-order valence-corrected chi connectivity index (χ1v) is 14.1. The van der Waals surface area contributed by atoms with Crippen molar-refractivity contribution in [2.24, 2.45) is 5.41 Å². The largest absolute Gasteiger partial charge is 0.489 e. The molecule has 1 aliphatic heterocycles. The summed E-state index contributed by atoms with van der Waals surface area (Å²) >= 11 is 0. The zero-order valence-corrected chi connectivity index (χ0v) is 22.3. The van der Waals surface area contributed by atoms with Gasteiger partial charge in [0.1, 0.15) is 18.6 Å². The number of aromatic nitrogens is 1. The van der Waals surface area contributed by atoms with E-state index < -0.39 is 5.41 Å². The summed E-state index contributed by atoms with van der Waals surface area (Å²) in [6.07, 6.45) is 7.75. The van der Waals surface area contributed by atoms with Crippen LogP contribution >= 0.6 is 0 Å². The maximum atomic E-state index is 13.3. The Morgan fingerprint density at radius 3 is 2.62 bits per heavy atom. The second kappa shape index (κ2) is 9.41. The van der Waals surface area contributed by atoms with E-state index in [0.29, 0.717) is 24.6 Å². The van der Waals surface area contributed by atoms with Gasteiger partial charge in [0.15, 0.2) is 0 Å². The Morgan fingerprint density at radius 1 is 1.03 bits per heavy atom. The molecule has 0 saturated heterocycles. The van der Waals surface area contributed by atoms with Gasteiger partial charge in [0.05, 0.1) is 18.2 Å². The van der Waals surface area contributed by atoms with Gasteiger partial charge in [0, 0.05) is 34.5 Å². The number of benzene rings is 3. The molecule has 39 heavy (non-hydrogen) atoms. The lowest BCUT2D eigenvalue weighted by Crippen LogP contribution is -2.24. The number of aldehydes is 1. The third kappa shape index (κ3) is 3.90. The van der Waals surface area contributed by atoms with Crippen LogP contribution in [0.3, 0.4) is 0 Å². The summed E-state index contributed by atoms with van der Waals surface area (Å²) in [5.74, 6) is 1.19. The SMILES string of the molecule is COC(=O)C12CC1c1cc(OCc3ccccc3)ccc1-c1c(C3CCCCC3)c3ccc(C=O)cc3n1C2. The van der Waals surface area contributed by atoms with Gasteiger partial charge in [-0.15, -0.1) is 0 Å². The number of carbonyl (C=O) groups excluding carboxylic acids is 2. The molecule has 2 heterocycles. The fraction of sp³-hybridized carbons (Fsp3) is 0.353. The molecule has 0 bridgehead atoms. The van der Waals surface area contributed by atoms with Gasteiger partial charge in [-0.25, -0.2) is 0 Å². The van der Waals surface area contributed by atoms with E-state index >= 15 is 0 Å². The molecule has 5 nitrogen and oxygen atoms in total. The van der Waals surface area contributed by atoms with Crippen LogP contribution in [0, 0.1) is 5.41 Å². The van der Waals surface area contributed by atoms with Crippen LogP contribution in [-0.2, 0) is 22.7 Å². The molecule has 4 aromatic rings. The normalized spacial score (nSPS) is 21.8. The minimum atomic E-state index is -0.611. The first-order valence-electron chi connectivity index (χ1n) is 14.1. The highest BCUT2D eigenvalue weighted by molar-refractivity contribution is 5.97. The lowest BCUT2D eigenvalue weighted by Gasteiger charge is -2.24. The molecule has 3 aliphatic rings. The Kier molecular flexibility index (Phi) is 5.84. The second-order valence-electron chi connectivity index (χ2n) is 11.5. The zero-order valence-electron chi connectivity index (χ0n) is 22.3. The molecule has 2 atom stereocenters. The van der Waals surface area contributed by atoms with Gasteiger partial charge in [-0.1, -0.05) is 61.7 Å². The molecule has 0 radical (unpaired) electrons. The van der Waals surface area contributed by atoms with E-state index in [-0.39, 0.29) is 11.9 Å². The average Bonchev–Trinajstić information content (AvgIpc) is 3.66. The Labute approximate surface area is 228 Å². The predicted octanol–water partition coefficient (Wildman–Crippen LogP) is 7.41. The van der Waals surface area contributed by atoms with Crippen molar-refractivity contribution in [2.75, 3.05) is 7.11 Å². The van der Waals surface area contributed by atoms with Crippen molar-refractivity contribution in [3.05, 3.63) is 89.0 Å². The van der Waals surface area contributed by atoms with Crippen molar-refractivity contribution < 1.29 is 19.1 Å². The summed E-state index contributed by atoms with van der Waals surface area (Å²) in [6.45, 7) is 1.05. The van der Waals surface area contributed by atoms with Gasteiger partial charge in [0.2, 0.25) is 0 Å². The lowest BCUT2D eigenvalue weighted by molar-refractivity contribution is -0.147. The van der Waals surface area contributed by atoms with E-state index in [4.69, 9.17) is 9.47 Å². The van der Waals surface area contributed by atoms with Crippen LogP contribution in [0.2, 0.25) is 0 Å². The fourth-order valence-electron chi connectivity index (χ4n) is 7.26. The van der Waals surface area contributed by atoms with E-state index in [1.807, 2.05) is 30.3 Å². The number of methoxy groups -OCH3 is 1. The van der Waals surface area contributed by atoms with Crippen molar-refractivity contribution >= 4 is 23.2 Å². The fourth-order valence-corrected chi connectivity index (χ4v) is 7.26. The van der Waals surface area contributed by atoms with E-state index in [1.54, 1.807) is 0 Å². The van der Waals surface area contributed by atoms with E-state index in [1.165, 1.54) is 67.0 Å². The Balaban J connectivity index is 1.42. The lowest BCUT2D eigenvalue weighted by atomic mass is 9.81. The smallest absolute Gasteiger partial charge is 0.314 e. The highest BCUT2D eigenvalue weighted by Crippen LogP contribution is 2.66. The van der Waals surface area contributed by atoms with Gasteiger partial charge in [-0.05, 0) is 66.1 Å². The van der Waals surface area contributed by atoms with E-state index in [2.05, 4.69) is 41.0 Å². The number of hydrogen-bond donors (Lipinski definition) is 0. The summed E-state index contributed by atoms with van der Waals surface area (Å²) in [5.41, 5.74) is 7.14. The molecule has 2 fully saturated rings. The number of fused-ring (bicyclic) bond motifs is 7. The molecule has 5 heteroatoms. The number of ether oxygens (including phenoxy) is 2. The van der Waals surface area contributed by atoms with Gasteiger partial charge in [-0.2, -0.15) is 0 Å². The molecule has 2 saturated carbocycles. The number of rotatable bonds is 6. The highest BCUT2D eigenvalue weighted by atomic mass is 16.5. The molecule has 7 rings (SSSR count). The van der Waals surface area contributed by atoms with Crippen LogP contribution < -0.4 is 4.74 Å². The maximum Gasteiger partial charge on any atom is 0.314 e. The number of esters is 1. The molecule has 1 aromatic heterocycles. The average molecular weight is 520 g/mol. The predicted molar refractivity (Wildman–Crippen MR) is 151 cm³/mol. The van der Waals surface area contributed by atoms with Crippen molar-refractivity contribution in [3.8, 4) is 17.0 Å². The molecule has 0 amide bonds. The van der Waals surface area contributed by atoms with E-state index in [0.717, 1.165) is 29.5 Å². The van der Waals surface area contributed by atoms with E-state index in [9.17, 15) is 9.59 Å². The summed E-state index contributed by atoms with van der Waals surface area (Å²) in [5, 5.41) is 1.21. The summed E-state index contributed by atoms with van der Waals surface area (Å²) in [7, 11) is 1.49. The van der Waals surface area contributed by atoms with Crippen LogP contribution in [0.15, 0.2) is 66.7 Å². The topological polar surface area (TPSA) is 57.5 Å². The third-order valence-corrected chi connectivity index (χ3v) is 9.29. The van der Waals surface area contributed by atoms with Gasteiger partial charge in [0.25, 0.3) is 0 Å². The molecule has 0 N–H and O–H groups in total. The van der Waals surface area contributed by atoms with Gasteiger partial charge in [-0.3, -0.25) is 9.59 Å². The van der Waals surface area contributed by atoms with Crippen LogP contribution in [0.25, 0.3) is 22.2 Å². The van der Waals surface area contributed by atoms with Gasteiger partial charge >= 0.3 is 5.97 Å². The summed E-state index contributed by atoms with van der Waals surface area (Å²) < 4.78 is 14.0. The molecule has 2 unspecified atom stereocenters. The summed E-state index contributed by atoms with van der Waals surface area (Å²) in [4.78, 5) is 25.1. The minimum absolute atomic E-state index is 0.0728.